The van der Waals surface area contributed by atoms with Gasteiger partial charge in [-0.05, 0) is 49.8 Å². The molecule has 1 unspecified atom stereocenters. The van der Waals surface area contributed by atoms with Crippen LogP contribution in [0.15, 0.2) is 18.2 Å². The van der Waals surface area contributed by atoms with E-state index >= 15 is 0 Å². The minimum absolute atomic E-state index is 0.239. The Morgan fingerprint density at radius 1 is 1.14 bits per heavy atom. The van der Waals surface area contributed by atoms with Gasteiger partial charge in [0.15, 0.2) is 11.5 Å². The second-order valence-electron chi connectivity index (χ2n) is 7.88. The predicted octanol–water partition coefficient (Wildman–Crippen LogP) is 4.21. The van der Waals surface area contributed by atoms with Crippen LogP contribution in [0, 0.1) is 0 Å². The van der Waals surface area contributed by atoms with Crippen LogP contribution in [0.3, 0.4) is 0 Å². The number of hydrogen-bond donors (Lipinski definition) is 1. The van der Waals surface area contributed by atoms with E-state index in [9.17, 15) is 4.79 Å². The average Bonchev–Trinajstić information content (AvgIpc) is 3.38. The molecule has 1 amide bonds. The summed E-state index contributed by atoms with van der Waals surface area (Å²) in [5.74, 6) is 3.22. The highest BCUT2D eigenvalue weighted by Crippen LogP contribution is 2.39. The maximum atomic E-state index is 12.2. The third-order valence-corrected chi connectivity index (χ3v) is 8.71. The number of unbranched alkanes of at least 4 members (excludes halogenated alkanes) is 1. The van der Waals surface area contributed by atoms with Crippen molar-refractivity contribution in [2.45, 2.75) is 62.8 Å². The second-order valence-corrected chi connectivity index (χ2v) is 10.7. The first kappa shape index (κ1) is 20.2. The summed E-state index contributed by atoms with van der Waals surface area (Å²) in [6, 6.07) is 6.53. The fraction of sp³-hybridized carbons (Fsp3) is 0.667. The lowest BCUT2D eigenvalue weighted by Gasteiger charge is -2.32. The number of ether oxygens (including phenoxy) is 2. The van der Waals surface area contributed by atoms with E-state index < -0.39 is 0 Å². The number of piperidine rings is 1. The number of fused-ring (bicyclic) bond motifs is 1. The molecule has 1 atom stereocenters. The van der Waals surface area contributed by atoms with Gasteiger partial charge in [0, 0.05) is 43.1 Å². The van der Waals surface area contributed by atoms with Crippen molar-refractivity contribution in [1.29, 1.82) is 0 Å². The minimum Gasteiger partial charge on any atom is -0.454 e. The Balaban J connectivity index is 1.11. The highest BCUT2D eigenvalue weighted by molar-refractivity contribution is 8.77. The summed E-state index contributed by atoms with van der Waals surface area (Å²) >= 11 is 0. The molecule has 0 radical (unpaired) electrons. The third kappa shape index (κ3) is 5.74. The SMILES string of the molecule is O=C(CCCCC1CCSS1)NC1CCN(Cc2ccc3c(c2)OCO3)CC1. The van der Waals surface area contributed by atoms with Gasteiger partial charge in [0.05, 0.1) is 0 Å². The summed E-state index contributed by atoms with van der Waals surface area (Å²) in [4.78, 5) is 14.7. The minimum atomic E-state index is 0.239. The van der Waals surface area contributed by atoms with E-state index in [1.54, 1.807) is 0 Å². The van der Waals surface area contributed by atoms with E-state index in [0.717, 1.165) is 55.6 Å². The summed E-state index contributed by atoms with van der Waals surface area (Å²) in [6.07, 6.45) is 7.56. The summed E-state index contributed by atoms with van der Waals surface area (Å²) in [7, 11) is 4.03. The van der Waals surface area contributed by atoms with E-state index in [0.29, 0.717) is 19.3 Å². The molecule has 154 valence electrons. The van der Waals surface area contributed by atoms with Crippen molar-refractivity contribution in [3.8, 4) is 11.5 Å². The van der Waals surface area contributed by atoms with Crippen LogP contribution in [0.5, 0.6) is 11.5 Å². The fourth-order valence-electron chi connectivity index (χ4n) is 4.05. The van der Waals surface area contributed by atoms with Gasteiger partial charge < -0.3 is 14.8 Å². The first-order valence-electron chi connectivity index (χ1n) is 10.4. The Morgan fingerprint density at radius 3 is 2.82 bits per heavy atom. The first-order valence-corrected chi connectivity index (χ1v) is 12.8. The molecule has 3 heterocycles. The Kier molecular flexibility index (Phi) is 7.31. The molecule has 3 aliphatic heterocycles. The largest absolute Gasteiger partial charge is 0.454 e. The third-order valence-electron chi connectivity index (χ3n) is 5.70. The highest BCUT2D eigenvalue weighted by Gasteiger charge is 2.22. The van der Waals surface area contributed by atoms with Crippen LogP contribution in [0.4, 0.5) is 0 Å². The number of rotatable bonds is 8. The van der Waals surface area contributed by atoms with Crippen LogP contribution in [-0.4, -0.2) is 47.7 Å². The van der Waals surface area contributed by atoms with E-state index in [1.165, 1.54) is 30.6 Å². The Bertz CT molecular complexity index is 659. The highest BCUT2D eigenvalue weighted by atomic mass is 33.1. The van der Waals surface area contributed by atoms with Gasteiger partial charge in [0.25, 0.3) is 0 Å². The number of nitrogens with one attached hydrogen (secondary N) is 1. The molecular formula is C21H30N2O3S2. The van der Waals surface area contributed by atoms with Gasteiger partial charge in [0.1, 0.15) is 0 Å². The molecule has 0 aliphatic carbocycles. The van der Waals surface area contributed by atoms with Crippen LogP contribution in [-0.2, 0) is 11.3 Å². The molecule has 3 aliphatic rings. The van der Waals surface area contributed by atoms with Crippen LogP contribution in [0.2, 0.25) is 0 Å². The molecule has 7 heteroatoms. The zero-order chi connectivity index (χ0) is 19.2. The van der Waals surface area contributed by atoms with Crippen molar-refractivity contribution in [2.75, 3.05) is 25.6 Å². The van der Waals surface area contributed by atoms with E-state index in [1.807, 2.05) is 27.7 Å². The smallest absolute Gasteiger partial charge is 0.231 e. The maximum Gasteiger partial charge on any atom is 0.231 e. The topological polar surface area (TPSA) is 50.8 Å². The van der Waals surface area contributed by atoms with Crippen LogP contribution < -0.4 is 14.8 Å². The molecule has 0 saturated carbocycles. The lowest BCUT2D eigenvalue weighted by molar-refractivity contribution is -0.122. The molecule has 4 rings (SSSR count). The van der Waals surface area contributed by atoms with Crippen LogP contribution in [0.25, 0.3) is 0 Å². The van der Waals surface area contributed by atoms with Gasteiger partial charge in [-0.15, -0.1) is 0 Å². The Hall–Kier alpha value is -1.05. The van der Waals surface area contributed by atoms with Gasteiger partial charge in [-0.1, -0.05) is 34.1 Å². The zero-order valence-electron chi connectivity index (χ0n) is 16.4. The molecule has 2 saturated heterocycles. The van der Waals surface area contributed by atoms with Gasteiger partial charge in [0.2, 0.25) is 12.7 Å². The number of hydrogen-bond acceptors (Lipinski definition) is 6. The van der Waals surface area contributed by atoms with E-state index in [2.05, 4.69) is 22.3 Å². The normalized spacial score (nSPS) is 22.5. The molecule has 0 bridgehead atoms. The number of carbonyl (C=O) groups is 1. The number of likely N-dealkylation sites (tertiary alicyclic amines) is 1. The second kappa shape index (κ2) is 10.1. The van der Waals surface area contributed by atoms with Crippen molar-refractivity contribution in [3.63, 3.8) is 0 Å². The molecule has 1 N–H and O–H groups in total. The maximum absolute atomic E-state index is 12.2. The van der Waals surface area contributed by atoms with E-state index in [4.69, 9.17) is 9.47 Å². The lowest BCUT2D eigenvalue weighted by Crippen LogP contribution is -2.44. The molecule has 0 aromatic heterocycles. The Morgan fingerprint density at radius 2 is 2.00 bits per heavy atom. The predicted molar refractivity (Wildman–Crippen MR) is 116 cm³/mol. The summed E-state index contributed by atoms with van der Waals surface area (Å²) in [5, 5.41) is 4.08. The molecular weight excluding hydrogens is 392 g/mol. The van der Waals surface area contributed by atoms with Gasteiger partial charge in [-0.3, -0.25) is 9.69 Å². The molecule has 28 heavy (non-hydrogen) atoms. The van der Waals surface area contributed by atoms with Crippen LogP contribution in [0.1, 0.15) is 50.5 Å². The number of amides is 1. The van der Waals surface area contributed by atoms with Gasteiger partial charge in [-0.2, -0.15) is 0 Å². The summed E-state index contributed by atoms with van der Waals surface area (Å²) < 4.78 is 10.8. The van der Waals surface area contributed by atoms with Crippen molar-refractivity contribution in [3.05, 3.63) is 23.8 Å². The number of benzene rings is 1. The standard InChI is InChI=1S/C21H30N2O3S2/c24-21(4-2-1-3-18-9-12-27-28-18)22-17-7-10-23(11-8-17)14-16-5-6-19-20(13-16)26-15-25-19/h5-6,13,17-18H,1-4,7-12,14-15H2,(H,22,24). The van der Waals surface area contributed by atoms with Gasteiger partial charge >= 0.3 is 0 Å². The fourth-order valence-corrected chi connectivity index (χ4v) is 7.08. The number of nitrogens with zero attached hydrogens (tertiary/aromatic N) is 1. The summed E-state index contributed by atoms with van der Waals surface area (Å²) in [6.45, 7) is 3.29. The quantitative estimate of drug-likeness (QED) is 0.500. The Labute approximate surface area is 175 Å². The molecule has 1 aromatic carbocycles. The van der Waals surface area contributed by atoms with Crippen molar-refractivity contribution < 1.29 is 14.3 Å². The first-order chi connectivity index (χ1) is 13.8. The molecule has 0 spiro atoms. The molecule has 1 aromatic rings. The van der Waals surface area contributed by atoms with Crippen LogP contribution >= 0.6 is 21.6 Å². The zero-order valence-corrected chi connectivity index (χ0v) is 18.0. The average molecular weight is 423 g/mol. The van der Waals surface area contributed by atoms with Crippen molar-refractivity contribution in [2.24, 2.45) is 0 Å². The van der Waals surface area contributed by atoms with Gasteiger partial charge in [-0.25, -0.2) is 0 Å². The monoisotopic (exact) mass is 422 g/mol. The van der Waals surface area contributed by atoms with Crippen molar-refractivity contribution in [1.82, 2.24) is 10.2 Å². The molecule has 5 nitrogen and oxygen atoms in total. The van der Waals surface area contributed by atoms with E-state index in [-0.39, 0.29) is 5.91 Å². The lowest BCUT2D eigenvalue weighted by atomic mass is 10.0. The van der Waals surface area contributed by atoms with Crippen molar-refractivity contribution >= 4 is 27.5 Å². The summed E-state index contributed by atoms with van der Waals surface area (Å²) in [5.41, 5.74) is 1.26. The number of carbonyl (C=O) groups excluding carboxylic acids is 1. The molecule has 2 fully saturated rings.